The molecule has 0 bridgehead atoms. The van der Waals surface area contributed by atoms with Gasteiger partial charge in [0.15, 0.2) is 0 Å². The van der Waals surface area contributed by atoms with Gasteiger partial charge in [-0.2, -0.15) is 4.98 Å². The smallest absolute Gasteiger partial charge is 0.224 e. The van der Waals surface area contributed by atoms with Crippen molar-refractivity contribution in [2.75, 3.05) is 17.2 Å². The Hall–Kier alpha value is -2.88. The maximum Gasteiger partial charge on any atom is 0.224 e. The molecule has 3 aromatic rings. The lowest BCUT2D eigenvalue weighted by Crippen LogP contribution is -2.13. The molecule has 1 heterocycles. The summed E-state index contributed by atoms with van der Waals surface area (Å²) in [5.41, 5.74) is 2.54. The van der Waals surface area contributed by atoms with E-state index in [2.05, 4.69) is 70.8 Å². The maximum atomic E-state index is 4.57. The third-order valence-electron chi connectivity index (χ3n) is 4.25. The first-order chi connectivity index (χ1) is 12.2. The molecule has 128 valence electrons. The summed E-state index contributed by atoms with van der Waals surface area (Å²) < 4.78 is 0. The van der Waals surface area contributed by atoms with E-state index in [1.54, 1.807) is 6.20 Å². The van der Waals surface area contributed by atoms with Gasteiger partial charge in [-0.15, -0.1) is 0 Å². The van der Waals surface area contributed by atoms with E-state index in [9.17, 15) is 0 Å². The van der Waals surface area contributed by atoms with E-state index in [0.717, 1.165) is 12.4 Å². The lowest BCUT2D eigenvalue weighted by atomic mass is 10.0. The maximum absolute atomic E-state index is 4.57. The van der Waals surface area contributed by atoms with Crippen LogP contribution in [0.2, 0.25) is 0 Å². The molecular formula is C21H24N4. The highest BCUT2D eigenvalue weighted by atomic mass is 15.1. The summed E-state index contributed by atoms with van der Waals surface area (Å²) in [6.45, 7) is 5.12. The minimum atomic E-state index is 0.187. The molecule has 0 spiro atoms. The van der Waals surface area contributed by atoms with Gasteiger partial charge in [-0.3, -0.25) is 0 Å². The zero-order chi connectivity index (χ0) is 17.5. The summed E-state index contributed by atoms with van der Waals surface area (Å²) in [4.78, 5) is 8.89. The van der Waals surface area contributed by atoms with Crippen molar-refractivity contribution in [2.24, 2.45) is 0 Å². The second-order valence-electron chi connectivity index (χ2n) is 6.23. The van der Waals surface area contributed by atoms with Crippen molar-refractivity contribution < 1.29 is 0 Å². The van der Waals surface area contributed by atoms with Crippen LogP contribution in [-0.4, -0.2) is 16.5 Å². The zero-order valence-electron chi connectivity index (χ0n) is 14.7. The lowest BCUT2D eigenvalue weighted by Gasteiger charge is -2.16. The number of nitrogens with one attached hydrogen (secondary N) is 2. The fraction of sp³-hybridized carbons (Fsp3) is 0.238. The van der Waals surface area contributed by atoms with Crippen LogP contribution in [0.1, 0.15) is 36.9 Å². The van der Waals surface area contributed by atoms with E-state index in [-0.39, 0.29) is 6.04 Å². The number of anilines is 2. The van der Waals surface area contributed by atoms with Crippen molar-refractivity contribution in [3.63, 3.8) is 0 Å². The molecular weight excluding hydrogens is 308 g/mol. The number of hydrogen-bond acceptors (Lipinski definition) is 4. The lowest BCUT2D eigenvalue weighted by molar-refractivity contribution is 0.795. The molecule has 0 saturated heterocycles. The zero-order valence-corrected chi connectivity index (χ0v) is 14.7. The minimum absolute atomic E-state index is 0.187. The van der Waals surface area contributed by atoms with Crippen molar-refractivity contribution >= 4 is 11.8 Å². The quantitative estimate of drug-likeness (QED) is 0.648. The molecule has 0 radical (unpaired) electrons. The minimum Gasteiger partial charge on any atom is -0.363 e. The fourth-order valence-electron chi connectivity index (χ4n) is 2.71. The van der Waals surface area contributed by atoms with E-state index >= 15 is 0 Å². The average molecular weight is 332 g/mol. The largest absolute Gasteiger partial charge is 0.363 e. The standard InChI is InChI=1S/C21H24N4/c1-16(18-9-5-3-6-10-18)15-23-21-22-14-13-20(25-21)24-17(2)19-11-7-4-8-12-19/h3-14,16-17H,15H2,1-2H3,(H2,22,23,24,25). The molecule has 3 rings (SSSR count). The van der Waals surface area contributed by atoms with E-state index in [4.69, 9.17) is 0 Å². The van der Waals surface area contributed by atoms with Crippen LogP contribution in [0.3, 0.4) is 0 Å². The van der Waals surface area contributed by atoms with Gasteiger partial charge in [0.25, 0.3) is 0 Å². The third-order valence-corrected chi connectivity index (χ3v) is 4.25. The van der Waals surface area contributed by atoms with Crippen LogP contribution in [-0.2, 0) is 0 Å². The highest BCUT2D eigenvalue weighted by molar-refractivity contribution is 5.42. The van der Waals surface area contributed by atoms with Crippen LogP contribution in [0.15, 0.2) is 72.9 Å². The Kier molecular flexibility index (Phi) is 5.62. The Balaban J connectivity index is 1.60. The van der Waals surface area contributed by atoms with Crippen LogP contribution >= 0.6 is 0 Å². The molecule has 1 aromatic heterocycles. The van der Waals surface area contributed by atoms with Crippen LogP contribution in [0.25, 0.3) is 0 Å². The predicted molar refractivity (Wildman–Crippen MR) is 104 cm³/mol. The van der Waals surface area contributed by atoms with Gasteiger partial charge < -0.3 is 10.6 Å². The molecule has 0 fully saturated rings. The number of rotatable bonds is 7. The Morgan fingerprint density at radius 2 is 1.48 bits per heavy atom. The van der Waals surface area contributed by atoms with Gasteiger partial charge in [0, 0.05) is 18.8 Å². The molecule has 25 heavy (non-hydrogen) atoms. The molecule has 2 aromatic carbocycles. The molecule has 2 unspecified atom stereocenters. The van der Waals surface area contributed by atoms with Crippen molar-refractivity contribution in [1.82, 2.24) is 9.97 Å². The van der Waals surface area contributed by atoms with Gasteiger partial charge in [-0.1, -0.05) is 67.6 Å². The van der Waals surface area contributed by atoms with E-state index < -0.39 is 0 Å². The van der Waals surface area contributed by atoms with Crippen LogP contribution in [0.4, 0.5) is 11.8 Å². The average Bonchev–Trinajstić information content (AvgIpc) is 2.68. The first-order valence-electron chi connectivity index (χ1n) is 8.65. The number of nitrogens with zero attached hydrogens (tertiary/aromatic N) is 2. The number of aromatic nitrogens is 2. The first-order valence-corrected chi connectivity index (χ1v) is 8.65. The monoisotopic (exact) mass is 332 g/mol. The molecule has 4 nitrogen and oxygen atoms in total. The van der Waals surface area contributed by atoms with Crippen LogP contribution in [0, 0.1) is 0 Å². The van der Waals surface area contributed by atoms with Gasteiger partial charge in [0.2, 0.25) is 5.95 Å². The van der Waals surface area contributed by atoms with E-state index in [0.29, 0.717) is 11.9 Å². The summed E-state index contributed by atoms with van der Waals surface area (Å²) >= 11 is 0. The van der Waals surface area contributed by atoms with Gasteiger partial charge in [0.05, 0.1) is 0 Å². The summed E-state index contributed by atoms with van der Waals surface area (Å²) in [5, 5.41) is 6.76. The van der Waals surface area contributed by atoms with Gasteiger partial charge in [0.1, 0.15) is 5.82 Å². The highest BCUT2D eigenvalue weighted by Gasteiger charge is 2.08. The Bertz CT molecular complexity index is 774. The van der Waals surface area contributed by atoms with E-state index in [1.165, 1.54) is 11.1 Å². The van der Waals surface area contributed by atoms with Crippen molar-refractivity contribution in [2.45, 2.75) is 25.8 Å². The Labute approximate surface area is 149 Å². The second-order valence-corrected chi connectivity index (χ2v) is 6.23. The summed E-state index contributed by atoms with van der Waals surface area (Å²) in [6, 6.07) is 22.9. The first kappa shape index (κ1) is 17.0. The second kappa shape index (κ2) is 8.29. The topological polar surface area (TPSA) is 49.8 Å². The molecule has 0 amide bonds. The van der Waals surface area contributed by atoms with Crippen LogP contribution in [0.5, 0.6) is 0 Å². The molecule has 0 saturated carbocycles. The van der Waals surface area contributed by atoms with Crippen molar-refractivity contribution in [1.29, 1.82) is 0 Å². The van der Waals surface area contributed by atoms with E-state index in [1.807, 2.05) is 30.3 Å². The summed E-state index contributed by atoms with van der Waals surface area (Å²) in [5.74, 6) is 1.86. The highest BCUT2D eigenvalue weighted by Crippen LogP contribution is 2.19. The van der Waals surface area contributed by atoms with Gasteiger partial charge in [-0.05, 0) is 30.0 Å². The van der Waals surface area contributed by atoms with Crippen LogP contribution < -0.4 is 10.6 Å². The summed E-state index contributed by atoms with van der Waals surface area (Å²) in [7, 11) is 0. The molecule has 0 aliphatic rings. The molecule has 2 N–H and O–H groups in total. The molecule has 0 aliphatic heterocycles. The third kappa shape index (κ3) is 4.80. The number of hydrogen-bond donors (Lipinski definition) is 2. The summed E-state index contributed by atoms with van der Waals surface area (Å²) in [6.07, 6.45) is 1.78. The molecule has 0 aliphatic carbocycles. The predicted octanol–water partition coefficient (Wildman–Crippen LogP) is 4.87. The van der Waals surface area contributed by atoms with Crippen molar-refractivity contribution in [3.8, 4) is 0 Å². The molecule has 4 heteroatoms. The number of benzene rings is 2. The SMILES string of the molecule is CC(CNc1nccc(NC(C)c2ccccc2)n1)c1ccccc1. The molecule has 2 atom stereocenters. The van der Waals surface area contributed by atoms with Gasteiger partial charge >= 0.3 is 0 Å². The Morgan fingerprint density at radius 1 is 0.840 bits per heavy atom. The normalized spacial score (nSPS) is 13.0. The van der Waals surface area contributed by atoms with Gasteiger partial charge in [-0.25, -0.2) is 4.98 Å². The van der Waals surface area contributed by atoms with Crippen molar-refractivity contribution in [3.05, 3.63) is 84.1 Å². The Morgan fingerprint density at radius 3 is 2.16 bits per heavy atom. The fourth-order valence-corrected chi connectivity index (χ4v) is 2.71.